The van der Waals surface area contributed by atoms with Crippen LogP contribution in [0.3, 0.4) is 0 Å². The Hall–Kier alpha value is -4.09. The van der Waals surface area contributed by atoms with Crippen LogP contribution in [0.2, 0.25) is 5.02 Å². The van der Waals surface area contributed by atoms with E-state index in [0.717, 1.165) is 11.3 Å². The molecule has 0 aliphatic carbocycles. The van der Waals surface area contributed by atoms with Gasteiger partial charge < -0.3 is 9.47 Å². The fraction of sp³-hybridized carbons (Fsp3) is 0.0714. The maximum atomic E-state index is 13.8. The zero-order chi connectivity index (χ0) is 23.9. The first kappa shape index (κ1) is 23.1. The second kappa shape index (κ2) is 10.7. The van der Waals surface area contributed by atoms with Gasteiger partial charge in [0.15, 0.2) is 0 Å². The monoisotopic (exact) mass is 470 g/mol. The molecule has 0 aromatic heterocycles. The summed E-state index contributed by atoms with van der Waals surface area (Å²) in [7, 11) is 3.22. The van der Waals surface area contributed by atoms with E-state index in [4.69, 9.17) is 26.1 Å². The Kier molecular flexibility index (Phi) is 7.25. The third-order valence-corrected chi connectivity index (χ3v) is 5.43. The van der Waals surface area contributed by atoms with Gasteiger partial charge in [-0.1, -0.05) is 29.8 Å². The normalized spacial score (nSPS) is 11.1. The predicted octanol–water partition coefficient (Wildman–Crippen LogP) is 6.78. The number of carbonyl (C=O) groups is 1. The molecule has 5 nitrogen and oxygen atoms in total. The standard InChI is InChI=1S/C28H23ClN2O3/c1-33-25-16-12-23(13-17-25)30-27(20-8-10-22(29)11-9-20)31(24-14-18-26(34-2)19-15-24)28(32)21-6-4-3-5-7-21/h3-19H,1-2H3. The number of ether oxygens (including phenoxy) is 2. The van der Waals surface area contributed by atoms with Gasteiger partial charge in [0, 0.05) is 16.1 Å². The van der Waals surface area contributed by atoms with Crippen LogP contribution in [0.15, 0.2) is 108 Å². The molecule has 0 fully saturated rings. The quantitative estimate of drug-likeness (QED) is 0.230. The molecule has 0 radical (unpaired) electrons. The van der Waals surface area contributed by atoms with Gasteiger partial charge in [0.05, 0.1) is 25.6 Å². The molecule has 6 heteroatoms. The van der Waals surface area contributed by atoms with Crippen molar-refractivity contribution in [2.45, 2.75) is 0 Å². The van der Waals surface area contributed by atoms with Crippen molar-refractivity contribution in [1.29, 1.82) is 0 Å². The number of methoxy groups -OCH3 is 2. The molecule has 0 N–H and O–H groups in total. The van der Waals surface area contributed by atoms with E-state index >= 15 is 0 Å². The van der Waals surface area contributed by atoms with Crippen molar-refractivity contribution in [1.82, 2.24) is 0 Å². The number of nitrogens with zero attached hydrogens (tertiary/aromatic N) is 2. The van der Waals surface area contributed by atoms with Crippen molar-refractivity contribution in [2.75, 3.05) is 19.1 Å². The van der Waals surface area contributed by atoms with Crippen molar-refractivity contribution < 1.29 is 14.3 Å². The van der Waals surface area contributed by atoms with E-state index in [2.05, 4.69) is 0 Å². The van der Waals surface area contributed by atoms with E-state index in [1.54, 1.807) is 43.4 Å². The van der Waals surface area contributed by atoms with E-state index in [0.29, 0.717) is 33.5 Å². The van der Waals surface area contributed by atoms with Crippen LogP contribution in [0.5, 0.6) is 11.5 Å². The maximum Gasteiger partial charge on any atom is 0.264 e. The van der Waals surface area contributed by atoms with Gasteiger partial charge in [-0.2, -0.15) is 0 Å². The lowest BCUT2D eigenvalue weighted by atomic mass is 10.1. The summed E-state index contributed by atoms with van der Waals surface area (Å²) in [5.41, 5.74) is 2.59. The highest BCUT2D eigenvalue weighted by atomic mass is 35.5. The van der Waals surface area contributed by atoms with Gasteiger partial charge in [-0.3, -0.25) is 9.69 Å². The number of aliphatic imine (C=N–C) groups is 1. The summed E-state index contributed by atoms with van der Waals surface area (Å²) in [6.45, 7) is 0. The van der Waals surface area contributed by atoms with Gasteiger partial charge in [0.2, 0.25) is 0 Å². The highest BCUT2D eigenvalue weighted by molar-refractivity contribution is 6.31. The summed E-state index contributed by atoms with van der Waals surface area (Å²) in [5, 5.41) is 0.595. The van der Waals surface area contributed by atoms with Crippen LogP contribution in [-0.2, 0) is 0 Å². The lowest BCUT2D eigenvalue weighted by Gasteiger charge is -2.25. The number of rotatable bonds is 6. The van der Waals surface area contributed by atoms with E-state index in [-0.39, 0.29) is 5.91 Å². The van der Waals surface area contributed by atoms with Crippen LogP contribution in [0, 0.1) is 0 Å². The zero-order valence-electron chi connectivity index (χ0n) is 18.8. The summed E-state index contributed by atoms with van der Waals surface area (Å²) in [6.07, 6.45) is 0. The largest absolute Gasteiger partial charge is 0.497 e. The molecule has 0 bridgehead atoms. The van der Waals surface area contributed by atoms with Gasteiger partial charge in [-0.05, 0) is 84.9 Å². The number of anilines is 1. The molecule has 4 rings (SSSR count). The first-order valence-corrected chi connectivity index (χ1v) is 11.0. The molecule has 34 heavy (non-hydrogen) atoms. The Morgan fingerprint density at radius 1 is 0.706 bits per heavy atom. The Bertz CT molecular complexity index is 1270. The Balaban J connectivity index is 1.91. The molecule has 0 unspecified atom stereocenters. The van der Waals surface area contributed by atoms with E-state index in [1.807, 2.05) is 78.9 Å². The van der Waals surface area contributed by atoms with Gasteiger partial charge in [-0.25, -0.2) is 4.99 Å². The van der Waals surface area contributed by atoms with Crippen molar-refractivity contribution in [3.63, 3.8) is 0 Å². The smallest absolute Gasteiger partial charge is 0.264 e. The number of amidine groups is 1. The Morgan fingerprint density at radius 2 is 1.26 bits per heavy atom. The molecular weight excluding hydrogens is 448 g/mol. The Morgan fingerprint density at radius 3 is 1.82 bits per heavy atom. The second-order valence-electron chi connectivity index (χ2n) is 7.34. The number of hydrogen-bond donors (Lipinski definition) is 0. The minimum atomic E-state index is -0.215. The molecule has 0 aliphatic heterocycles. The summed E-state index contributed by atoms with van der Waals surface area (Å²) >= 11 is 6.15. The first-order valence-electron chi connectivity index (χ1n) is 10.6. The molecule has 4 aromatic rings. The van der Waals surface area contributed by atoms with Crippen molar-refractivity contribution >= 4 is 34.7 Å². The fourth-order valence-electron chi connectivity index (χ4n) is 3.40. The van der Waals surface area contributed by atoms with E-state index in [9.17, 15) is 4.79 Å². The fourth-order valence-corrected chi connectivity index (χ4v) is 3.52. The Labute approximate surface area is 203 Å². The van der Waals surface area contributed by atoms with E-state index in [1.165, 1.54) is 0 Å². The topological polar surface area (TPSA) is 51.1 Å². The summed E-state index contributed by atoms with van der Waals surface area (Å²) < 4.78 is 10.6. The number of carbonyl (C=O) groups excluding carboxylic acids is 1. The molecule has 0 atom stereocenters. The third kappa shape index (κ3) is 5.27. The van der Waals surface area contributed by atoms with Crippen molar-refractivity contribution in [3.8, 4) is 11.5 Å². The molecule has 0 aliphatic rings. The number of amides is 1. The average Bonchev–Trinajstić information content (AvgIpc) is 2.90. The van der Waals surface area contributed by atoms with Crippen LogP contribution in [0.25, 0.3) is 0 Å². The molecule has 0 saturated heterocycles. The first-order chi connectivity index (χ1) is 16.6. The van der Waals surface area contributed by atoms with Gasteiger partial charge >= 0.3 is 0 Å². The third-order valence-electron chi connectivity index (χ3n) is 5.18. The molecule has 1 amide bonds. The van der Waals surface area contributed by atoms with Crippen LogP contribution >= 0.6 is 11.6 Å². The maximum absolute atomic E-state index is 13.8. The number of benzene rings is 4. The molecule has 170 valence electrons. The van der Waals surface area contributed by atoms with Gasteiger partial charge in [-0.15, -0.1) is 0 Å². The lowest BCUT2D eigenvalue weighted by Crippen LogP contribution is -2.37. The highest BCUT2D eigenvalue weighted by Gasteiger charge is 2.25. The summed E-state index contributed by atoms with van der Waals surface area (Å²) in [6, 6.07) is 31.0. The minimum absolute atomic E-state index is 0.215. The highest BCUT2D eigenvalue weighted by Crippen LogP contribution is 2.27. The molecule has 0 saturated carbocycles. The van der Waals surface area contributed by atoms with Crippen molar-refractivity contribution in [3.05, 3.63) is 119 Å². The molecular formula is C28H23ClN2O3. The van der Waals surface area contributed by atoms with Gasteiger partial charge in [0.25, 0.3) is 5.91 Å². The zero-order valence-corrected chi connectivity index (χ0v) is 19.6. The predicted molar refractivity (Wildman–Crippen MR) is 137 cm³/mol. The second-order valence-corrected chi connectivity index (χ2v) is 7.78. The van der Waals surface area contributed by atoms with Crippen LogP contribution in [-0.4, -0.2) is 26.0 Å². The molecule has 0 spiro atoms. The summed E-state index contributed by atoms with van der Waals surface area (Å²) in [4.78, 5) is 20.3. The average molecular weight is 471 g/mol. The molecule has 4 aromatic carbocycles. The SMILES string of the molecule is COc1ccc(N=C(c2ccc(Cl)cc2)N(C(=O)c2ccccc2)c2ccc(OC)cc2)cc1. The van der Waals surface area contributed by atoms with Gasteiger partial charge in [0.1, 0.15) is 17.3 Å². The lowest BCUT2D eigenvalue weighted by molar-refractivity contribution is 0.100. The van der Waals surface area contributed by atoms with Crippen molar-refractivity contribution in [2.24, 2.45) is 4.99 Å². The van der Waals surface area contributed by atoms with Crippen LogP contribution in [0.4, 0.5) is 11.4 Å². The minimum Gasteiger partial charge on any atom is -0.497 e. The van der Waals surface area contributed by atoms with E-state index < -0.39 is 0 Å². The number of hydrogen-bond acceptors (Lipinski definition) is 4. The molecule has 0 heterocycles. The van der Waals surface area contributed by atoms with Crippen LogP contribution in [0.1, 0.15) is 15.9 Å². The summed E-state index contributed by atoms with van der Waals surface area (Å²) in [5.74, 6) is 1.66. The van der Waals surface area contributed by atoms with Crippen LogP contribution < -0.4 is 14.4 Å². The number of halogens is 1.